The first-order valence-corrected chi connectivity index (χ1v) is 6.86. The van der Waals surface area contributed by atoms with Gasteiger partial charge < -0.3 is 14.4 Å². The lowest BCUT2D eigenvalue weighted by molar-refractivity contribution is -0.387. The molecule has 0 aliphatic rings. The van der Waals surface area contributed by atoms with E-state index in [9.17, 15) is 19.7 Å². The maximum Gasteiger partial charge on any atom is 0.343 e. The number of ether oxygens (including phenoxy) is 2. The van der Waals surface area contributed by atoms with E-state index in [-0.39, 0.29) is 28.8 Å². The van der Waals surface area contributed by atoms with Crippen LogP contribution < -0.4 is 4.90 Å². The Morgan fingerprint density at radius 3 is 2.50 bits per heavy atom. The van der Waals surface area contributed by atoms with Gasteiger partial charge in [0.15, 0.2) is 5.03 Å². The van der Waals surface area contributed by atoms with E-state index in [2.05, 4.69) is 19.4 Å². The van der Waals surface area contributed by atoms with Crippen LogP contribution in [0.15, 0.2) is 11.4 Å². The van der Waals surface area contributed by atoms with E-state index in [1.165, 1.54) is 26.2 Å². The smallest absolute Gasteiger partial charge is 0.343 e. The number of thioether (sulfide) groups is 1. The monoisotopic (exact) mass is 330 g/mol. The van der Waals surface area contributed by atoms with Gasteiger partial charge in [-0.3, -0.25) is 19.7 Å². The zero-order chi connectivity index (χ0) is 16.7. The van der Waals surface area contributed by atoms with Gasteiger partial charge in [-0.15, -0.1) is 0 Å². The van der Waals surface area contributed by atoms with Gasteiger partial charge in [0.25, 0.3) is 0 Å². The lowest BCUT2D eigenvalue weighted by Crippen LogP contribution is -2.28. The van der Waals surface area contributed by atoms with Crippen molar-refractivity contribution < 1.29 is 24.0 Å². The predicted octanol–water partition coefficient (Wildman–Crippen LogP) is 0.259. The fourth-order valence-corrected chi connectivity index (χ4v) is 2.21. The summed E-state index contributed by atoms with van der Waals surface area (Å²) in [5, 5.41) is 11.3. The Labute approximate surface area is 130 Å². The van der Waals surface area contributed by atoms with E-state index in [1.807, 2.05) is 0 Å². The second-order valence-corrected chi connectivity index (χ2v) is 4.87. The van der Waals surface area contributed by atoms with Gasteiger partial charge in [-0.25, -0.2) is 9.97 Å². The molecule has 0 aliphatic heterocycles. The van der Waals surface area contributed by atoms with Crippen molar-refractivity contribution in [3.8, 4) is 0 Å². The zero-order valence-electron chi connectivity index (χ0n) is 12.1. The highest BCUT2D eigenvalue weighted by Gasteiger charge is 2.27. The third-order valence-electron chi connectivity index (χ3n) is 2.46. The molecule has 0 N–H and O–H groups in total. The van der Waals surface area contributed by atoms with Crippen molar-refractivity contribution in [3.05, 3.63) is 16.4 Å². The average Bonchev–Trinajstić information content (AvgIpc) is 2.51. The highest BCUT2D eigenvalue weighted by atomic mass is 32.2. The van der Waals surface area contributed by atoms with E-state index < -0.39 is 16.9 Å². The van der Waals surface area contributed by atoms with Gasteiger partial charge in [-0.2, -0.15) is 0 Å². The molecule has 1 aromatic heterocycles. The van der Waals surface area contributed by atoms with Crippen molar-refractivity contribution >= 4 is 35.2 Å². The Morgan fingerprint density at radius 2 is 1.95 bits per heavy atom. The van der Waals surface area contributed by atoms with Crippen molar-refractivity contribution in [2.24, 2.45) is 0 Å². The van der Waals surface area contributed by atoms with Crippen molar-refractivity contribution in [3.63, 3.8) is 0 Å². The number of esters is 2. The number of likely N-dealkylation sites (N-methyl/N-ethyl adjacent to an activating group) is 1. The topological polar surface area (TPSA) is 125 Å². The van der Waals surface area contributed by atoms with Crippen molar-refractivity contribution in [2.75, 3.05) is 38.5 Å². The molecule has 0 spiro atoms. The van der Waals surface area contributed by atoms with E-state index in [4.69, 9.17) is 0 Å². The summed E-state index contributed by atoms with van der Waals surface area (Å²) < 4.78 is 8.98. The van der Waals surface area contributed by atoms with Gasteiger partial charge >= 0.3 is 17.6 Å². The summed E-state index contributed by atoms with van der Waals surface area (Å²) in [5.74, 6) is -1.28. The summed E-state index contributed by atoms with van der Waals surface area (Å²) in [6, 6.07) is 0. The minimum Gasteiger partial charge on any atom is -0.468 e. The lowest BCUT2D eigenvalue weighted by Gasteiger charge is -2.16. The number of carbonyl (C=O) groups is 2. The summed E-state index contributed by atoms with van der Waals surface area (Å²) in [7, 11) is 3.88. The molecule has 0 bridgehead atoms. The van der Waals surface area contributed by atoms with Gasteiger partial charge in [0.1, 0.15) is 12.9 Å². The fraction of sp³-hybridized carbons (Fsp3) is 0.455. The quantitative estimate of drug-likeness (QED) is 0.226. The lowest BCUT2D eigenvalue weighted by atomic mass is 10.4. The molecule has 0 fully saturated rings. The van der Waals surface area contributed by atoms with Crippen LogP contribution in [0, 0.1) is 10.1 Å². The molecule has 0 atom stereocenters. The molecule has 0 aromatic carbocycles. The van der Waals surface area contributed by atoms with E-state index in [0.717, 1.165) is 18.1 Å². The molecule has 0 aliphatic carbocycles. The van der Waals surface area contributed by atoms with Crippen molar-refractivity contribution in [1.29, 1.82) is 0 Å². The van der Waals surface area contributed by atoms with E-state index in [1.54, 1.807) is 0 Å². The van der Waals surface area contributed by atoms with Crippen LogP contribution in [-0.2, 0) is 19.1 Å². The van der Waals surface area contributed by atoms with E-state index in [0.29, 0.717) is 0 Å². The summed E-state index contributed by atoms with van der Waals surface area (Å²) >= 11 is 0.854. The highest BCUT2D eigenvalue weighted by Crippen LogP contribution is 2.33. The first-order chi connectivity index (χ1) is 10.4. The molecule has 11 heteroatoms. The Hall–Kier alpha value is -2.43. The number of aromatic nitrogens is 2. The summed E-state index contributed by atoms with van der Waals surface area (Å²) in [6.45, 7) is -0.213. The highest BCUT2D eigenvalue weighted by molar-refractivity contribution is 8.00. The molecule has 0 saturated carbocycles. The third kappa shape index (κ3) is 4.55. The Morgan fingerprint density at radius 1 is 1.32 bits per heavy atom. The number of rotatable bonds is 7. The first kappa shape index (κ1) is 17.6. The zero-order valence-corrected chi connectivity index (χ0v) is 13.0. The third-order valence-corrected chi connectivity index (χ3v) is 3.41. The molecular formula is C11H14N4O6S. The molecule has 10 nitrogen and oxygen atoms in total. The van der Waals surface area contributed by atoms with Crippen LogP contribution in [0.25, 0.3) is 0 Å². The molecule has 1 heterocycles. The standard InChI is InChI=1S/C11H14N4O6S/c1-14(4-7(16)20-2)10-9(15(18)19)11(13-6-12-10)22-5-8(17)21-3/h6H,4-5H2,1-3H3. The molecule has 120 valence electrons. The van der Waals surface area contributed by atoms with Crippen LogP contribution in [0.1, 0.15) is 0 Å². The fourth-order valence-electron chi connectivity index (χ4n) is 1.42. The number of nitro groups is 1. The van der Waals surface area contributed by atoms with Gasteiger partial charge in [0.2, 0.25) is 5.82 Å². The number of nitrogens with zero attached hydrogens (tertiary/aromatic N) is 4. The number of hydrogen-bond donors (Lipinski definition) is 0. The predicted molar refractivity (Wildman–Crippen MR) is 76.7 cm³/mol. The summed E-state index contributed by atoms with van der Waals surface area (Å²) in [6.07, 6.45) is 1.12. The van der Waals surface area contributed by atoms with Crippen LogP contribution in [-0.4, -0.2) is 60.4 Å². The number of carbonyl (C=O) groups excluding carboxylic acids is 2. The van der Waals surface area contributed by atoms with Crippen LogP contribution in [0.5, 0.6) is 0 Å². The van der Waals surface area contributed by atoms with Crippen molar-refractivity contribution in [2.45, 2.75) is 5.03 Å². The molecular weight excluding hydrogens is 316 g/mol. The maximum atomic E-state index is 11.3. The van der Waals surface area contributed by atoms with Crippen LogP contribution in [0.4, 0.5) is 11.5 Å². The second kappa shape index (κ2) is 8.12. The average molecular weight is 330 g/mol. The number of hydrogen-bond acceptors (Lipinski definition) is 10. The first-order valence-electron chi connectivity index (χ1n) is 5.87. The van der Waals surface area contributed by atoms with Crippen LogP contribution in [0.3, 0.4) is 0 Å². The molecule has 1 aromatic rings. The Bertz CT molecular complexity index is 582. The molecule has 0 unspecified atom stereocenters. The normalized spacial score (nSPS) is 9.95. The Kier molecular flexibility index (Phi) is 6.50. The molecule has 0 amide bonds. The number of anilines is 1. The van der Waals surface area contributed by atoms with Gasteiger partial charge in [0.05, 0.1) is 24.9 Å². The number of methoxy groups -OCH3 is 2. The summed E-state index contributed by atoms with van der Waals surface area (Å²) in [5.41, 5.74) is -0.386. The molecule has 0 saturated heterocycles. The maximum absolute atomic E-state index is 11.3. The SMILES string of the molecule is COC(=O)CSc1ncnc(N(C)CC(=O)OC)c1[N+](=O)[O-]. The van der Waals surface area contributed by atoms with Gasteiger partial charge in [-0.05, 0) is 0 Å². The second-order valence-electron chi connectivity index (χ2n) is 3.91. The van der Waals surface area contributed by atoms with Gasteiger partial charge in [0, 0.05) is 7.05 Å². The molecule has 1 rings (SSSR count). The van der Waals surface area contributed by atoms with Gasteiger partial charge in [-0.1, -0.05) is 11.8 Å². The summed E-state index contributed by atoms with van der Waals surface area (Å²) in [4.78, 5) is 41.9. The van der Waals surface area contributed by atoms with E-state index >= 15 is 0 Å². The van der Waals surface area contributed by atoms with Crippen LogP contribution >= 0.6 is 11.8 Å². The van der Waals surface area contributed by atoms with Crippen LogP contribution in [0.2, 0.25) is 0 Å². The minimum absolute atomic E-state index is 0.0112. The largest absolute Gasteiger partial charge is 0.468 e. The van der Waals surface area contributed by atoms with Crippen molar-refractivity contribution in [1.82, 2.24) is 9.97 Å². The molecule has 22 heavy (non-hydrogen) atoms. The Balaban J connectivity index is 3.09. The minimum atomic E-state index is -0.664. The molecule has 0 radical (unpaired) electrons.